The molecule has 1 saturated heterocycles. The number of nitrogens with zero attached hydrogens (tertiary/aromatic N) is 1. The molecule has 1 unspecified atom stereocenters. The fourth-order valence-electron chi connectivity index (χ4n) is 2.26. The topological polar surface area (TPSA) is 32.3 Å². The van der Waals surface area contributed by atoms with Crippen LogP contribution in [0.15, 0.2) is 18.2 Å². The zero-order chi connectivity index (χ0) is 13.1. The Morgan fingerprint density at radius 2 is 2.21 bits per heavy atom. The smallest absolute Gasteiger partial charge is 0.254 e. The average molecular weight is 307 g/mol. The van der Waals surface area contributed by atoms with Crippen LogP contribution in [0.25, 0.3) is 0 Å². The predicted molar refractivity (Wildman–Crippen MR) is 76.6 cm³/mol. The van der Waals surface area contributed by atoms with Crippen molar-refractivity contribution in [1.29, 1.82) is 0 Å². The third-order valence-corrected chi connectivity index (χ3v) is 3.44. The van der Waals surface area contributed by atoms with Crippen LogP contribution in [-0.4, -0.2) is 37.0 Å². The number of amides is 1. The Hall–Kier alpha value is -0.840. The van der Waals surface area contributed by atoms with E-state index >= 15 is 0 Å². The van der Waals surface area contributed by atoms with E-state index in [1.807, 2.05) is 7.05 Å². The summed E-state index contributed by atoms with van der Waals surface area (Å²) in [5.41, 5.74) is 0.316. The van der Waals surface area contributed by atoms with Crippen molar-refractivity contribution in [3.05, 3.63) is 34.6 Å². The monoisotopic (exact) mass is 306 g/mol. The molecular formula is C13H17Cl2FN2O. The molecule has 0 saturated carbocycles. The van der Waals surface area contributed by atoms with Gasteiger partial charge in [-0.15, -0.1) is 12.4 Å². The van der Waals surface area contributed by atoms with Gasteiger partial charge in [0.05, 0.1) is 0 Å². The highest BCUT2D eigenvalue weighted by atomic mass is 35.5. The van der Waals surface area contributed by atoms with Crippen molar-refractivity contribution in [2.75, 3.05) is 20.1 Å². The quantitative estimate of drug-likeness (QED) is 0.911. The average Bonchev–Trinajstić information content (AvgIpc) is 2.37. The maximum atomic E-state index is 13.2. The molecule has 106 valence electrons. The summed E-state index contributed by atoms with van der Waals surface area (Å²) in [5.74, 6) is -0.635. The molecule has 0 aromatic heterocycles. The predicted octanol–water partition coefficient (Wildman–Crippen LogP) is 2.72. The van der Waals surface area contributed by atoms with E-state index in [9.17, 15) is 9.18 Å². The van der Waals surface area contributed by atoms with E-state index in [4.69, 9.17) is 11.6 Å². The van der Waals surface area contributed by atoms with Gasteiger partial charge in [-0.1, -0.05) is 11.6 Å². The lowest BCUT2D eigenvalue weighted by molar-refractivity contribution is 0.0697. The van der Waals surface area contributed by atoms with Crippen molar-refractivity contribution in [1.82, 2.24) is 10.2 Å². The minimum atomic E-state index is -0.479. The van der Waals surface area contributed by atoms with Crippen molar-refractivity contribution < 1.29 is 9.18 Å². The summed E-state index contributed by atoms with van der Waals surface area (Å²) in [6.45, 7) is 1.37. The van der Waals surface area contributed by atoms with Gasteiger partial charge in [-0.2, -0.15) is 0 Å². The Bertz CT molecular complexity index is 436. The standard InChI is InChI=1S/C13H16ClFN2O.ClH/c1-16-12-3-2-4-17(8-12)13(18)9-5-10(14)7-11(15)6-9;/h5-7,12,16H,2-4,8H2,1H3;1H. The molecule has 1 aromatic rings. The Morgan fingerprint density at radius 3 is 2.84 bits per heavy atom. The highest BCUT2D eigenvalue weighted by Gasteiger charge is 2.23. The molecule has 6 heteroatoms. The van der Waals surface area contributed by atoms with Gasteiger partial charge in [0, 0.05) is 29.7 Å². The molecule has 1 amide bonds. The lowest BCUT2D eigenvalue weighted by Crippen LogP contribution is -2.46. The first-order valence-corrected chi connectivity index (χ1v) is 6.40. The van der Waals surface area contributed by atoms with E-state index in [1.165, 1.54) is 18.2 Å². The number of halogens is 3. The lowest BCUT2D eigenvalue weighted by atomic mass is 10.0. The summed E-state index contributed by atoms with van der Waals surface area (Å²) in [6.07, 6.45) is 2.02. The second-order valence-corrected chi connectivity index (χ2v) is 4.97. The molecular weight excluding hydrogens is 290 g/mol. The first-order valence-electron chi connectivity index (χ1n) is 6.03. The van der Waals surface area contributed by atoms with E-state index < -0.39 is 5.82 Å². The van der Waals surface area contributed by atoms with E-state index in [0.29, 0.717) is 24.7 Å². The highest BCUT2D eigenvalue weighted by molar-refractivity contribution is 6.31. The molecule has 1 aromatic carbocycles. The largest absolute Gasteiger partial charge is 0.337 e. The SMILES string of the molecule is CNC1CCCN(C(=O)c2cc(F)cc(Cl)c2)C1.Cl. The molecule has 1 atom stereocenters. The van der Waals surface area contributed by atoms with Crippen molar-refractivity contribution in [2.24, 2.45) is 0 Å². The maximum absolute atomic E-state index is 13.2. The Labute approximate surface area is 123 Å². The summed E-state index contributed by atoms with van der Waals surface area (Å²) in [6, 6.07) is 4.25. The summed E-state index contributed by atoms with van der Waals surface area (Å²) >= 11 is 5.77. The molecule has 1 aliphatic heterocycles. The van der Waals surface area contributed by atoms with Crippen LogP contribution in [0.3, 0.4) is 0 Å². The molecule has 19 heavy (non-hydrogen) atoms. The second-order valence-electron chi connectivity index (χ2n) is 4.54. The number of likely N-dealkylation sites (tertiary alicyclic amines) is 1. The van der Waals surface area contributed by atoms with E-state index in [-0.39, 0.29) is 23.3 Å². The van der Waals surface area contributed by atoms with Crippen LogP contribution in [0.2, 0.25) is 5.02 Å². The van der Waals surface area contributed by atoms with Crippen LogP contribution in [0.5, 0.6) is 0 Å². The summed E-state index contributed by atoms with van der Waals surface area (Å²) < 4.78 is 13.2. The molecule has 0 bridgehead atoms. The van der Waals surface area contributed by atoms with E-state index in [0.717, 1.165) is 12.8 Å². The number of rotatable bonds is 2. The summed E-state index contributed by atoms with van der Waals surface area (Å²) in [5, 5.41) is 3.42. The lowest BCUT2D eigenvalue weighted by Gasteiger charge is -2.32. The zero-order valence-electron chi connectivity index (χ0n) is 10.7. The van der Waals surface area contributed by atoms with Crippen LogP contribution < -0.4 is 5.32 Å². The number of carbonyl (C=O) groups excluding carboxylic acids is 1. The molecule has 3 nitrogen and oxygen atoms in total. The molecule has 0 aliphatic carbocycles. The third kappa shape index (κ3) is 4.06. The van der Waals surface area contributed by atoms with Crippen LogP contribution in [-0.2, 0) is 0 Å². The molecule has 1 N–H and O–H groups in total. The second kappa shape index (κ2) is 7.08. The molecule has 1 aliphatic rings. The van der Waals surface area contributed by atoms with Gasteiger partial charge in [0.1, 0.15) is 5.82 Å². The molecule has 0 radical (unpaired) electrons. The number of nitrogens with one attached hydrogen (secondary N) is 1. The van der Waals surface area contributed by atoms with E-state index in [1.54, 1.807) is 4.90 Å². The van der Waals surface area contributed by atoms with Crippen molar-refractivity contribution in [3.8, 4) is 0 Å². The van der Waals surface area contributed by atoms with Gasteiger partial charge in [0.15, 0.2) is 0 Å². The van der Waals surface area contributed by atoms with Gasteiger partial charge < -0.3 is 10.2 Å². The van der Waals surface area contributed by atoms with Crippen LogP contribution in [0, 0.1) is 5.82 Å². The number of likely N-dealkylation sites (N-methyl/N-ethyl adjacent to an activating group) is 1. The number of carbonyl (C=O) groups is 1. The fraction of sp³-hybridized carbons (Fsp3) is 0.462. The van der Waals surface area contributed by atoms with Gasteiger partial charge in [-0.05, 0) is 38.1 Å². The van der Waals surface area contributed by atoms with Gasteiger partial charge in [-0.25, -0.2) is 4.39 Å². The number of benzene rings is 1. The van der Waals surface area contributed by atoms with Crippen LogP contribution in [0.4, 0.5) is 4.39 Å². The molecule has 0 spiro atoms. The number of hydrogen-bond donors (Lipinski definition) is 1. The summed E-state index contributed by atoms with van der Waals surface area (Å²) in [7, 11) is 1.89. The highest BCUT2D eigenvalue weighted by Crippen LogP contribution is 2.18. The molecule has 2 rings (SSSR count). The molecule has 1 heterocycles. The summed E-state index contributed by atoms with van der Waals surface area (Å²) in [4.78, 5) is 14.0. The van der Waals surface area contributed by atoms with Crippen molar-refractivity contribution >= 4 is 29.9 Å². The van der Waals surface area contributed by atoms with Crippen molar-refractivity contribution in [3.63, 3.8) is 0 Å². The Kier molecular flexibility index (Phi) is 6.04. The minimum absolute atomic E-state index is 0. The molecule has 1 fully saturated rings. The van der Waals surface area contributed by atoms with Gasteiger partial charge >= 0.3 is 0 Å². The first kappa shape index (κ1) is 16.2. The fourth-order valence-corrected chi connectivity index (χ4v) is 2.48. The zero-order valence-corrected chi connectivity index (χ0v) is 12.2. The normalized spacial score (nSPS) is 18.9. The van der Waals surface area contributed by atoms with E-state index in [2.05, 4.69) is 5.32 Å². The first-order chi connectivity index (χ1) is 8.60. The van der Waals surface area contributed by atoms with Gasteiger partial charge in [-0.3, -0.25) is 4.79 Å². The minimum Gasteiger partial charge on any atom is -0.337 e. The van der Waals surface area contributed by atoms with Gasteiger partial charge in [0.2, 0.25) is 0 Å². The Balaban J connectivity index is 0.00000180. The number of piperidine rings is 1. The van der Waals surface area contributed by atoms with Gasteiger partial charge in [0.25, 0.3) is 5.91 Å². The Morgan fingerprint density at radius 1 is 1.47 bits per heavy atom. The third-order valence-electron chi connectivity index (χ3n) is 3.23. The van der Waals surface area contributed by atoms with Crippen LogP contribution >= 0.6 is 24.0 Å². The maximum Gasteiger partial charge on any atom is 0.254 e. The van der Waals surface area contributed by atoms with Crippen LogP contribution in [0.1, 0.15) is 23.2 Å². The number of hydrogen-bond acceptors (Lipinski definition) is 2. The van der Waals surface area contributed by atoms with Crippen molar-refractivity contribution in [2.45, 2.75) is 18.9 Å².